The first-order chi connectivity index (χ1) is 12.7. The molecule has 1 N–H and O–H groups in total. The molecule has 4 rings (SSSR count). The molecule has 2 atom stereocenters. The summed E-state index contributed by atoms with van der Waals surface area (Å²) in [6.45, 7) is 1.41. The summed E-state index contributed by atoms with van der Waals surface area (Å²) in [5, 5.41) is 7.06. The highest BCUT2D eigenvalue weighted by molar-refractivity contribution is 8.14. The maximum Gasteiger partial charge on any atom is 0.225 e. The van der Waals surface area contributed by atoms with Gasteiger partial charge in [-0.3, -0.25) is 9.59 Å². The molecule has 0 saturated carbocycles. The quantitative estimate of drug-likeness (QED) is 0.822. The van der Waals surface area contributed by atoms with Crippen molar-refractivity contribution in [3.63, 3.8) is 0 Å². The van der Waals surface area contributed by atoms with Crippen molar-refractivity contribution in [3.05, 3.63) is 25.0 Å². The number of anilines is 1. The lowest BCUT2D eigenvalue weighted by molar-refractivity contribution is -0.128. The van der Waals surface area contributed by atoms with Gasteiger partial charge in [0.25, 0.3) is 0 Å². The minimum absolute atomic E-state index is 0.0406. The van der Waals surface area contributed by atoms with Crippen molar-refractivity contribution >= 4 is 28.6 Å². The number of nitrogens with zero attached hydrogens (tertiary/aromatic N) is 6. The van der Waals surface area contributed by atoms with E-state index in [-0.39, 0.29) is 23.0 Å². The Bertz CT molecular complexity index is 798. The van der Waals surface area contributed by atoms with Gasteiger partial charge >= 0.3 is 0 Å². The van der Waals surface area contributed by atoms with E-state index in [9.17, 15) is 9.59 Å². The Balaban J connectivity index is 1.44. The number of piperidine rings is 1. The number of hydrogen-bond donors (Lipinski definition) is 1. The molecule has 2 aromatic heterocycles. The Hall–Kier alpha value is -2.49. The van der Waals surface area contributed by atoms with Crippen molar-refractivity contribution in [2.45, 2.75) is 25.3 Å². The van der Waals surface area contributed by atoms with E-state index in [1.54, 1.807) is 11.0 Å². The van der Waals surface area contributed by atoms with Gasteiger partial charge in [0, 0.05) is 24.9 Å². The normalized spacial score (nSPS) is 23.2. The fourth-order valence-corrected chi connectivity index (χ4v) is 4.21. The third-order valence-electron chi connectivity index (χ3n) is 4.66. The molecule has 0 unspecified atom stereocenters. The van der Waals surface area contributed by atoms with Crippen LogP contribution in [-0.2, 0) is 9.59 Å². The van der Waals surface area contributed by atoms with Gasteiger partial charge in [-0.05, 0) is 19.3 Å². The highest BCUT2D eigenvalue weighted by Crippen LogP contribution is 2.24. The summed E-state index contributed by atoms with van der Waals surface area (Å²) in [6.07, 6.45) is 6.95. The van der Waals surface area contributed by atoms with Crippen LogP contribution in [0, 0.1) is 5.92 Å². The van der Waals surface area contributed by atoms with Crippen molar-refractivity contribution in [1.29, 1.82) is 0 Å². The van der Waals surface area contributed by atoms with Gasteiger partial charge in [-0.15, -0.1) is 0 Å². The van der Waals surface area contributed by atoms with E-state index >= 15 is 0 Å². The Morgan fingerprint density at radius 1 is 1.23 bits per heavy atom. The van der Waals surface area contributed by atoms with Crippen LogP contribution in [0.5, 0.6) is 0 Å². The molecule has 0 radical (unpaired) electrons. The van der Waals surface area contributed by atoms with E-state index in [2.05, 4.69) is 30.3 Å². The third-order valence-corrected chi connectivity index (χ3v) is 5.67. The lowest BCUT2D eigenvalue weighted by Crippen LogP contribution is -2.47. The van der Waals surface area contributed by atoms with Crippen LogP contribution >= 0.6 is 11.8 Å². The summed E-state index contributed by atoms with van der Waals surface area (Å²) in [7, 11) is 0. The molecule has 2 aliphatic rings. The molecule has 26 heavy (non-hydrogen) atoms. The number of nitrogens with one attached hydrogen (secondary N) is 1. The molecule has 0 aromatic carbocycles. The second-order valence-corrected chi connectivity index (χ2v) is 7.48. The van der Waals surface area contributed by atoms with Gasteiger partial charge in [0.15, 0.2) is 5.82 Å². The number of carbonyl (C=O) groups excluding carboxylic acids is 2. The first kappa shape index (κ1) is 17.0. The first-order valence-electron chi connectivity index (χ1n) is 8.60. The van der Waals surface area contributed by atoms with Gasteiger partial charge < -0.3 is 10.2 Å². The summed E-state index contributed by atoms with van der Waals surface area (Å²) >= 11 is 1.30. The predicted molar refractivity (Wildman–Crippen MR) is 95.9 cm³/mol. The smallest absolute Gasteiger partial charge is 0.225 e. The van der Waals surface area contributed by atoms with E-state index in [0.29, 0.717) is 12.4 Å². The third kappa shape index (κ3) is 3.55. The van der Waals surface area contributed by atoms with Crippen molar-refractivity contribution in [1.82, 2.24) is 30.0 Å². The molecule has 0 bridgehead atoms. The molecule has 2 aliphatic heterocycles. The molecule has 4 heterocycles. The van der Waals surface area contributed by atoms with E-state index in [4.69, 9.17) is 0 Å². The molecule has 136 valence electrons. The molecule has 9 nitrogen and oxygen atoms in total. The fraction of sp³-hybridized carbons (Fsp3) is 0.500. The summed E-state index contributed by atoms with van der Waals surface area (Å²) in [5.41, 5.74) is 0. The molecule has 0 aliphatic carbocycles. The van der Waals surface area contributed by atoms with Crippen molar-refractivity contribution in [2.24, 2.45) is 5.92 Å². The zero-order valence-electron chi connectivity index (χ0n) is 14.1. The lowest BCUT2D eigenvalue weighted by atomic mass is 9.96. The summed E-state index contributed by atoms with van der Waals surface area (Å²) < 4.78 is 1.57. The van der Waals surface area contributed by atoms with Gasteiger partial charge in [0.2, 0.25) is 11.0 Å². The first-order valence-corrected chi connectivity index (χ1v) is 9.58. The number of aromatic nitrogens is 5. The van der Waals surface area contributed by atoms with Crippen LogP contribution in [0.3, 0.4) is 0 Å². The van der Waals surface area contributed by atoms with Crippen molar-refractivity contribution in [3.8, 4) is 5.82 Å². The van der Waals surface area contributed by atoms with Gasteiger partial charge in [-0.1, -0.05) is 11.8 Å². The maximum absolute atomic E-state index is 12.6. The molecular formula is C16H19N7O2S. The topological polar surface area (TPSA) is 106 Å². The average Bonchev–Trinajstić information content (AvgIpc) is 3.35. The molecule has 10 heteroatoms. The number of thioether (sulfide) groups is 1. The van der Waals surface area contributed by atoms with E-state index in [0.717, 1.165) is 37.4 Å². The van der Waals surface area contributed by atoms with Gasteiger partial charge in [0.05, 0.1) is 12.0 Å². The van der Waals surface area contributed by atoms with Gasteiger partial charge in [-0.2, -0.15) is 5.10 Å². The number of hydrogen-bond acceptors (Lipinski definition) is 8. The molecule has 2 saturated heterocycles. The Labute approximate surface area is 154 Å². The van der Waals surface area contributed by atoms with Crippen molar-refractivity contribution < 1.29 is 9.59 Å². The molecule has 2 aromatic rings. The zero-order chi connectivity index (χ0) is 17.9. The zero-order valence-corrected chi connectivity index (χ0v) is 14.9. The standard InChI is InChI=1S/C16H19N7O2S/c24-15(21-12-3-5-26-16(12)25)11-2-1-4-22(7-11)13-6-14(19-9-18-13)23-10-17-8-20-23/h6,8-12H,1-5,7H2,(H,21,24)/t11-,12-/m1/s1. The summed E-state index contributed by atoms with van der Waals surface area (Å²) in [5.74, 6) is 1.99. The van der Waals surface area contributed by atoms with Crippen LogP contribution in [0.4, 0.5) is 5.82 Å². The second kappa shape index (κ2) is 7.40. The SMILES string of the molecule is O=C(N[C@@H]1CCSC1=O)[C@@H]1CCCN(c2cc(-n3cncn3)ncn2)C1. The fourth-order valence-electron chi connectivity index (χ4n) is 3.28. The molecule has 0 spiro atoms. The van der Waals surface area contributed by atoms with Crippen LogP contribution in [0.1, 0.15) is 19.3 Å². The molecule has 1 amide bonds. The van der Waals surface area contributed by atoms with Crippen LogP contribution in [-0.4, -0.2) is 60.6 Å². The monoisotopic (exact) mass is 373 g/mol. The average molecular weight is 373 g/mol. The molecular weight excluding hydrogens is 354 g/mol. The minimum atomic E-state index is -0.333. The largest absolute Gasteiger partial charge is 0.356 e. The lowest BCUT2D eigenvalue weighted by Gasteiger charge is -2.33. The Morgan fingerprint density at radius 3 is 2.88 bits per heavy atom. The van der Waals surface area contributed by atoms with Gasteiger partial charge in [0.1, 0.15) is 24.8 Å². The van der Waals surface area contributed by atoms with Crippen LogP contribution < -0.4 is 10.2 Å². The summed E-state index contributed by atoms with van der Waals surface area (Å²) in [4.78, 5) is 38.9. The van der Waals surface area contributed by atoms with Crippen molar-refractivity contribution in [2.75, 3.05) is 23.7 Å². The number of amides is 1. The predicted octanol–water partition coefficient (Wildman–Crippen LogP) is 0.422. The van der Waals surface area contributed by atoms with E-state index < -0.39 is 0 Å². The maximum atomic E-state index is 12.6. The Morgan fingerprint density at radius 2 is 2.12 bits per heavy atom. The number of rotatable bonds is 4. The van der Waals surface area contributed by atoms with Crippen LogP contribution in [0.2, 0.25) is 0 Å². The highest BCUT2D eigenvalue weighted by atomic mass is 32.2. The summed E-state index contributed by atoms with van der Waals surface area (Å²) in [6, 6.07) is 1.51. The number of carbonyl (C=O) groups is 2. The van der Waals surface area contributed by atoms with E-state index in [1.165, 1.54) is 24.4 Å². The Kier molecular flexibility index (Phi) is 4.83. The highest BCUT2D eigenvalue weighted by Gasteiger charge is 2.32. The van der Waals surface area contributed by atoms with E-state index in [1.807, 2.05) is 6.07 Å². The molecule has 2 fully saturated rings. The van der Waals surface area contributed by atoms with Gasteiger partial charge in [-0.25, -0.2) is 19.6 Å². The minimum Gasteiger partial charge on any atom is -0.356 e. The van der Waals surface area contributed by atoms with Crippen LogP contribution in [0.25, 0.3) is 5.82 Å². The second-order valence-electron chi connectivity index (χ2n) is 6.38. The van der Waals surface area contributed by atoms with Crippen LogP contribution in [0.15, 0.2) is 25.0 Å².